The van der Waals surface area contributed by atoms with Crippen molar-refractivity contribution in [2.75, 3.05) is 25.2 Å². The average molecular weight is 327 g/mol. The van der Waals surface area contributed by atoms with Crippen molar-refractivity contribution in [2.24, 2.45) is 5.41 Å². The quantitative estimate of drug-likeness (QED) is 0.408. The van der Waals surface area contributed by atoms with E-state index < -0.39 is 5.41 Å². The van der Waals surface area contributed by atoms with Crippen molar-refractivity contribution in [3.05, 3.63) is 0 Å². The summed E-state index contributed by atoms with van der Waals surface area (Å²) in [5, 5.41) is 0. The van der Waals surface area contributed by atoms with Crippen LogP contribution in [0.5, 0.6) is 0 Å². The number of rotatable bonds is 7. The van der Waals surface area contributed by atoms with Crippen LogP contribution in [0.1, 0.15) is 20.8 Å². The molecule has 0 aromatic rings. The second kappa shape index (κ2) is 7.97. The molecule has 0 aliphatic heterocycles. The number of esters is 2. The smallest absolute Gasteiger partial charge is 0.319 e. The second-order valence-electron chi connectivity index (χ2n) is 4.21. The van der Waals surface area contributed by atoms with E-state index in [0.717, 1.165) is 0 Å². The highest BCUT2D eigenvalue weighted by atomic mass is 79.9. The lowest BCUT2D eigenvalue weighted by atomic mass is 9.97. The minimum Gasteiger partial charge on any atom is -0.469 e. The van der Waals surface area contributed by atoms with Crippen LogP contribution in [0.15, 0.2) is 0 Å². The Kier molecular flexibility index (Phi) is 7.87. The van der Waals surface area contributed by atoms with E-state index in [1.807, 2.05) is 13.8 Å². The zero-order chi connectivity index (χ0) is 13.5. The Balaban J connectivity index is 3.71. The van der Waals surface area contributed by atoms with E-state index in [4.69, 9.17) is 9.47 Å². The topological polar surface area (TPSA) is 52.6 Å². The number of hydrogen-bond donors (Lipinski definition) is 0. The van der Waals surface area contributed by atoms with E-state index in [-0.39, 0.29) is 16.8 Å². The lowest BCUT2D eigenvalue weighted by Crippen LogP contribution is -2.28. The van der Waals surface area contributed by atoms with Gasteiger partial charge in [0.2, 0.25) is 0 Å². The molecule has 0 saturated carbocycles. The highest BCUT2D eigenvalue weighted by molar-refractivity contribution is 9.10. The standard InChI is InChI=1S/C11H19BrO4S/c1-8(12)9(13)16-5-6-17-7-11(2,3)10(14)15-4/h8H,5-7H2,1-4H3. The van der Waals surface area contributed by atoms with Gasteiger partial charge in [0, 0.05) is 11.5 Å². The molecule has 4 nitrogen and oxygen atoms in total. The van der Waals surface area contributed by atoms with Crippen LogP contribution in [0.3, 0.4) is 0 Å². The van der Waals surface area contributed by atoms with Crippen molar-refractivity contribution in [3.63, 3.8) is 0 Å². The summed E-state index contributed by atoms with van der Waals surface area (Å²) >= 11 is 4.69. The first-order valence-electron chi connectivity index (χ1n) is 5.28. The number of methoxy groups -OCH3 is 1. The van der Waals surface area contributed by atoms with Crippen molar-refractivity contribution < 1.29 is 19.1 Å². The minimum atomic E-state index is -0.508. The molecule has 100 valence electrons. The fourth-order valence-electron chi connectivity index (χ4n) is 0.979. The molecular weight excluding hydrogens is 308 g/mol. The largest absolute Gasteiger partial charge is 0.469 e. The predicted octanol–water partition coefficient (Wildman–Crippen LogP) is 2.25. The van der Waals surface area contributed by atoms with Gasteiger partial charge in [0.05, 0.1) is 12.5 Å². The summed E-state index contributed by atoms with van der Waals surface area (Å²) in [4.78, 5) is 22.2. The normalized spacial score (nSPS) is 13.0. The fourth-order valence-corrected chi connectivity index (χ4v) is 2.08. The van der Waals surface area contributed by atoms with Crippen molar-refractivity contribution in [3.8, 4) is 0 Å². The Hall–Kier alpha value is -0.230. The van der Waals surface area contributed by atoms with Crippen LogP contribution in [-0.4, -0.2) is 42.0 Å². The number of hydrogen-bond acceptors (Lipinski definition) is 5. The zero-order valence-electron chi connectivity index (χ0n) is 10.6. The molecule has 0 aliphatic rings. The number of carbonyl (C=O) groups excluding carboxylic acids is 2. The summed E-state index contributed by atoms with van der Waals surface area (Å²) in [6.45, 7) is 5.74. The fraction of sp³-hybridized carbons (Fsp3) is 0.818. The monoisotopic (exact) mass is 326 g/mol. The van der Waals surface area contributed by atoms with E-state index in [1.165, 1.54) is 7.11 Å². The van der Waals surface area contributed by atoms with Gasteiger partial charge in [-0.1, -0.05) is 15.9 Å². The molecule has 0 spiro atoms. The molecule has 0 aliphatic carbocycles. The Morgan fingerprint density at radius 2 is 2.00 bits per heavy atom. The molecule has 0 bridgehead atoms. The van der Waals surface area contributed by atoms with E-state index in [1.54, 1.807) is 18.7 Å². The SMILES string of the molecule is COC(=O)C(C)(C)CSCCOC(=O)C(C)Br. The zero-order valence-corrected chi connectivity index (χ0v) is 13.0. The first-order chi connectivity index (χ1) is 7.81. The molecular formula is C11H19BrO4S. The van der Waals surface area contributed by atoms with E-state index in [2.05, 4.69) is 15.9 Å². The van der Waals surface area contributed by atoms with Crippen molar-refractivity contribution in [1.82, 2.24) is 0 Å². The van der Waals surface area contributed by atoms with Crippen molar-refractivity contribution in [2.45, 2.75) is 25.6 Å². The maximum Gasteiger partial charge on any atom is 0.319 e. The summed E-state index contributed by atoms with van der Waals surface area (Å²) in [6, 6.07) is 0. The van der Waals surface area contributed by atoms with Gasteiger partial charge < -0.3 is 9.47 Å². The molecule has 1 atom stereocenters. The van der Waals surface area contributed by atoms with Gasteiger partial charge in [-0.3, -0.25) is 9.59 Å². The molecule has 6 heteroatoms. The molecule has 0 radical (unpaired) electrons. The summed E-state index contributed by atoms with van der Waals surface area (Å²) in [5.41, 5.74) is -0.508. The van der Waals surface area contributed by atoms with Crippen LogP contribution in [0.2, 0.25) is 0 Å². The molecule has 17 heavy (non-hydrogen) atoms. The highest BCUT2D eigenvalue weighted by Gasteiger charge is 2.28. The molecule has 0 amide bonds. The van der Waals surface area contributed by atoms with E-state index in [0.29, 0.717) is 18.1 Å². The Labute approximate surface area is 115 Å². The molecule has 0 N–H and O–H groups in total. The summed E-state index contributed by atoms with van der Waals surface area (Å²) in [7, 11) is 1.38. The second-order valence-corrected chi connectivity index (χ2v) is 6.69. The maximum absolute atomic E-state index is 11.4. The van der Waals surface area contributed by atoms with Gasteiger partial charge in [-0.05, 0) is 20.8 Å². The van der Waals surface area contributed by atoms with Gasteiger partial charge in [-0.25, -0.2) is 0 Å². The Morgan fingerprint density at radius 1 is 1.41 bits per heavy atom. The number of alkyl halides is 1. The molecule has 0 saturated heterocycles. The predicted molar refractivity (Wildman–Crippen MR) is 72.5 cm³/mol. The minimum absolute atomic E-state index is 0.226. The molecule has 0 fully saturated rings. The maximum atomic E-state index is 11.4. The van der Waals surface area contributed by atoms with Gasteiger partial charge in [-0.15, -0.1) is 0 Å². The average Bonchev–Trinajstić information content (AvgIpc) is 2.26. The van der Waals surface area contributed by atoms with Crippen LogP contribution in [0.25, 0.3) is 0 Å². The Bertz CT molecular complexity index is 266. The number of carbonyl (C=O) groups is 2. The molecule has 1 unspecified atom stereocenters. The van der Waals surface area contributed by atoms with Crippen LogP contribution in [-0.2, 0) is 19.1 Å². The first-order valence-corrected chi connectivity index (χ1v) is 7.35. The lowest BCUT2D eigenvalue weighted by molar-refractivity contribution is -0.149. The first kappa shape index (κ1) is 16.8. The van der Waals surface area contributed by atoms with Crippen molar-refractivity contribution in [1.29, 1.82) is 0 Å². The Morgan fingerprint density at radius 3 is 2.47 bits per heavy atom. The van der Waals surface area contributed by atoms with E-state index in [9.17, 15) is 9.59 Å². The third kappa shape index (κ3) is 6.93. The highest BCUT2D eigenvalue weighted by Crippen LogP contribution is 2.23. The number of halogens is 1. The van der Waals surface area contributed by atoms with E-state index >= 15 is 0 Å². The van der Waals surface area contributed by atoms with Crippen molar-refractivity contribution >= 4 is 39.6 Å². The van der Waals surface area contributed by atoms with Gasteiger partial charge in [-0.2, -0.15) is 11.8 Å². The number of ether oxygens (including phenoxy) is 2. The molecule has 0 aromatic carbocycles. The number of thioether (sulfide) groups is 1. The summed E-state index contributed by atoms with van der Waals surface area (Å²) in [5.74, 6) is 0.821. The summed E-state index contributed by atoms with van der Waals surface area (Å²) in [6.07, 6.45) is 0. The van der Waals surface area contributed by atoms with Gasteiger partial charge in [0.15, 0.2) is 0 Å². The molecule has 0 rings (SSSR count). The lowest BCUT2D eigenvalue weighted by Gasteiger charge is -2.20. The third-order valence-electron chi connectivity index (χ3n) is 2.00. The van der Waals surface area contributed by atoms with Gasteiger partial charge in [0.25, 0.3) is 0 Å². The molecule has 0 aromatic heterocycles. The molecule has 0 heterocycles. The van der Waals surface area contributed by atoms with Gasteiger partial charge in [0.1, 0.15) is 11.4 Å². The van der Waals surface area contributed by atoms with Crippen LogP contribution >= 0.6 is 27.7 Å². The van der Waals surface area contributed by atoms with Gasteiger partial charge >= 0.3 is 11.9 Å². The summed E-state index contributed by atoms with van der Waals surface area (Å²) < 4.78 is 9.68. The van der Waals surface area contributed by atoms with Crippen LogP contribution in [0.4, 0.5) is 0 Å². The third-order valence-corrected chi connectivity index (χ3v) is 3.75. The van der Waals surface area contributed by atoms with Crippen LogP contribution < -0.4 is 0 Å². The van der Waals surface area contributed by atoms with Crippen LogP contribution in [0, 0.1) is 5.41 Å².